The van der Waals surface area contributed by atoms with Crippen molar-refractivity contribution in [2.24, 2.45) is 11.7 Å². The molecule has 0 aliphatic rings. The van der Waals surface area contributed by atoms with Gasteiger partial charge in [-0.1, -0.05) is 65.3 Å². The number of halogens is 1. The van der Waals surface area contributed by atoms with E-state index in [0.29, 0.717) is 5.92 Å². The fraction of sp³-hybridized carbons (Fsp3) is 0.600. The van der Waals surface area contributed by atoms with E-state index in [-0.39, 0.29) is 23.9 Å². The van der Waals surface area contributed by atoms with Crippen molar-refractivity contribution in [2.75, 3.05) is 0 Å². The highest BCUT2D eigenvalue weighted by atomic mass is 35.5. The van der Waals surface area contributed by atoms with Crippen LogP contribution in [0, 0.1) is 5.92 Å². The Bertz CT molecular complexity index is 324. The molecule has 0 bridgehead atoms. The third-order valence-corrected chi connectivity index (χ3v) is 3.42. The molecule has 1 rings (SSSR count). The molecule has 1 nitrogen and oxygen atoms in total. The second-order valence-electron chi connectivity index (χ2n) is 5.78. The maximum atomic E-state index is 6.21. The van der Waals surface area contributed by atoms with E-state index in [4.69, 9.17) is 5.73 Å². The lowest BCUT2D eigenvalue weighted by molar-refractivity contribution is 0.456. The topological polar surface area (TPSA) is 26.0 Å². The average Bonchev–Trinajstić information content (AvgIpc) is 2.26. The first-order chi connectivity index (χ1) is 7.36. The standard InChI is InChI=1S/C15H25N.ClH/c1-6-11(2)14(16)12-7-9-13(10-8-12)15(3,4)5;/h7-11,14H,6,16H2,1-5H3;1H/t11?,14-;/m0./s1. The van der Waals surface area contributed by atoms with E-state index < -0.39 is 0 Å². The van der Waals surface area contributed by atoms with Crippen LogP contribution in [0.4, 0.5) is 0 Å². The zero-order valence-corrected chi connectivity index (χ0v) is 12.5. The van der Waals surface area contributed by atoms with Crippen molar-refractivity contribution in [3.05, 3.63) is 35.4 Å². The Balaban J connectivity index is 0.00000256. The smallest absolute Gasteiger partial charge is 0.0320 e. The van der Waals surface area contributed by atoms with Gasteiger partial charge in [-0.25, -0.2) is 0 Å². The van der Waals surface area contributed by atoms with Crippen LogP contribution >= 0.6 is 12.4 Å². The van der Waals surface area contributed by atoms with Crippen molar-refractivity contribution in [1.82, 2.24) is 0 Å². The molecule has 0 amide bonds. The van der Waals surface area contributed by atoms with Crippen molar-refractivity contribution < 1.29 is 0 Å². The van der Waals surface area contributed by atoms with Crippen LogP contribution in [-0.4, -0.2) is 0 Å². The molecule has 17 heavy (non-hydrogen) atoms. The summed E-state index contributed by atoms with van der Waals surface area (Å²) in [6, 6.07) is 8.93. The summed E-state index contributed by atoms with van der Waals surface area (Å²) in [4.78, 5) is 0. The lowest BCUT2D eigenvalue weighted by Gasteiger charge is -2.22. The van der Waals surface area contributed by atoms with Gasteiger partial charge < -0.3 is 5.73 Å². The van der Waals surface area contributed by atoms with Crippen LogP contribution in [-0.2, 0) is 5.41 Å². The largest absolute Gasteiger partial charge is 0.324 e. The Morgan fingerprint density at radius 3 is 1.94 bits per heavy atom. The van der Waals surface area contributed by atoms with Gasteiger partial charge in [-0.15, -0.1) is 12.4 Å². The molecule has 0 saturated heterocycles. The molecule has 2 N–H and O–H groups in total. The Morgan fingerprint density at radius 1 is 1.12 bits per heavy atom. The summed E-state index contributed by atoms with van der Waals surface area (Å²) >= 11 is 0. The van der Waals surface area contributed by atoms with Gasteiger partial charge in [-0.2, -0.15) is 0 Å². The third-order valence-electron chi connectivity index (χ3n) is 3.42. The number of benzene rings is 1. The maximum Gasteiger partial charge on any atom is 0.0320 e. The molecule has 0 aromatic heterocycles. The lowest BCUT2D eigenvalue weighted by atomic mass is 9.85. The van der Waals surface area contributed by atoms with Crippen LogP contribution < -0.4 is 5.73 Å². The average molecular weight is 256 g/mol. The van der Waals surface area contributed by atoms with Gasteiger partial charge in [0.25, 0.3) is 0 Å². The molecule has 0 heterocycles. The number of hydrogen-bond donors (Lipinski definition) is 1. The summed E-state index contributed by atoms with van der Waals surface area (Å²) in [5.74, 6) is 0.542. The second-order valence-corrected chi connectivity index (χ2v) is 5.78. The van der Waals surface area contributed by atoms with Gasteiger partial charge in [0.1, 0.15) is 0 Å². The molecular formula is C15H26ClN. The van der Waals surface area contributed by atoms with E-state index in [1.807, 2.05) is 0 Å². The van der Waals surface area contributed by atoms with Crippen LogP contribution in [0.2, 0.25) is 0 Å². The molecule has 1 unspecified atom stereocenters. The molecule has 0 fully saturated rings. The first-order valence-electron chi connectivity index (χ1n) is 6.22. The molecule has 0 radical (unpaired) electrons. The number of nitrogens with two attached hydrogens (primary N) is 1. The zero-order valence-electron chi connectivity index (χ0n) is 11.7. The van der Waals surface area contributed by atoms with Crippen LogP contribution in [0.5, 0.6) is 0 Å². The highest BCUT2D eigenvalue weighted by molar-refractivity contribution is 5.85. The molecule has 0 aliphatic heterocycles. The molecule has 0 aliphatic carbocycles. The maximum absolute atomic E-state index is 6.21. The summed E-state index contributed by atoms with van der Waals surface area (Å²) in [6.45, 7) is 11.1. The predicted octanol–water partition coefficient (Wildman–Crippen LogP) is 4.45. The second kappa shape index (κ2) is 6.42. The van der Waals surface area contributed by atoms with Gasteiger partial charge in [0.05, 0.1) is 0 Å². The highest BCUT2D eigenvalue weighted by Gasteiger charge is 2.16. The molecule has 2 atom stereocenters. The van der Waals surface area contributed by atoms with Gasteiger partial charge in [0.15, 0.2) is 0 Å². The van der Waals surface area contributed by atoms with E-state index >= 15 is 0 Å². The molecule has 2 heteroatoms. The fourth-order valence-corrected chi connectivity index (χ4v) is 1.79. The van der Waals surface area contributed by atoms with E-state index in [1.165, 1.54) is 11.1 Å². The number of rotatable bonds is 3. The van der Waals surface area contributed by atoms with Gasteiger partial charge in [-0.05, 0) is 22.5 Å². The fourth-order valence-electron chi connectivity index (χ4n) is 1.79. The van der Waals surface area contributed by atoms with Gasteiger partial charge in [0, 0.05) is 6.04 Å². The summed E-state index contributed by atoms with van der Waals surface area (Å²) in [6.07, 6.45) is 1.13. The zero-order chi connectivity index (χ0) is 12.3. The Morgan fingerprint density at radius 2 is 1.59 bits per heavy atom. The molecular weight excluding hydrogens is 230 g/mol. The Kier molecular flexibility index (Phi) is 6.22. The van der Waals surface area contributed by atoms with E-state index in [0.717, 1.165) is 6.42 Å². The summed E-state index contributed by atoms with van der Waals surface area (Å²) in [7, 11) is 0. The van der Waals surface area contributed by atoms with Crippen LogP contribution in [0.25, 0.3) is 0 Å². The summed E-state index contributed by atoms with van der Waals surface area (Å²) in [5.41, 5.74) is 9.05. The van der Waals surface area contributed by atoms with Gasteiger partial charge >= 0.3 is 0 Å². The highest BCUT2D eigenvalue weighted by Crippen LogP contribution is 2.26. The summed E-state index contributed by atoms with van der Waals surface area (Å²) < 4.78 is 0. The Labute approximate surface area is 112 Å². The number of hydrogen-bond acceptors (Lipinski definition) is 1. The lowest BCUT2D eigenvalue weighted by Crippen LogP contribution is -2.19. The van der Waals surface area contributed by atoms with Crippen molar-refractivity contribution in [3.8, 4) is 0 Å². The van der Waals surface area contributed by atoms with E-state index in [2.05, 4.69) is 58.9 Å². The van der Waals surface area contributed by atoms with Crippen molar-refractivity contribution in [3.63, 3.8) is 0 Å². The molecule has 98 valence electrons. The van der Waals surface area contributed by atoms with Gasteiger partial charge in [0.2, 0.25) is 0 Å². The normalized spacial score (nSPS) is 14.9. The van der Waals surface area contributed by atoms with Crippen LogP contribution in [0.3, 0.4) is 0 Å². The van der Waals surface area contributed by atoms with E-state index in [9.17, 15) is 0 Å². The third kappa shape index (κ3) is 4.33. The van der Waals surface area contributed by atoms with Crippen molar-refractivity contribution >= 4 is 12.4 Å². The van der Waals surface area contributed by atoms with Crippen LogP contribution in [0.1, 0.15) is 58.2 Å². The quantitative estimate of drug-likeness (QED) is 0.848. The van der Waals surface area contributed by atoms with Crippen molar-refractivity contribution in [2.45, 2.75) is 52.5 Å². The van der Waals surface area contributed by atoms with E-state index in [1.54, 1.807) is 0 Å². The van der Waals surface area contributed by atoms with Gasteiger partial charge in [-0.3, -0.25) is 0 Å². The SMILES string of the molecule is CCC(C)[C@H](N)c1ccc(C(C)(C)C)cc1.Cl. The molecule has 0 spiro atoms. The minimum absolute atomic E-state index is 0. The van der Waals surface area contributed by atoms with Crippen molar-refractivity contribution in [1.29, 1.82) is 0 Å². The monoisotopic (exact) mass is 255 g/mol. The van der Waals surface area contributed by atoms with Crippen LogP contribution in [0.15, 0.2) is 24.3 Å². The minimum Gasteiger partial charge on any atom is -0.324 e. The first kappa shape index (κ1) is 16.5. The summed E-state index contributed by atoms with van der Waals surface area (Å²) in [5, 5.41) is 0. The molecule has 1 aromatic carbocycles. The molecule has 0 saturated carbocycles. The first-order valence-corrected chi connectivity index (χ1v) is 6.22. The predicted molar refractivity (Wildman–Crippen MR) is 78.8 cm³/mol. The minimum atomic E-state index is 0. The molecule has 1 aromatic rings. The Hall–Kier alpha value is -0.530.